The van der Waals surface area contributed by atoms with Gasteiger partial charge in [0.25, 0.3) is 0 Å². The lowest BCUT2D eigenvalue weighted by molar-refractivity contribution is 0.0601. The largest absolute Gasteiger partial charge is 0.465 e. The van der Waals surface area contributed by atoms with Crippen LogP contribution in [0.1, 0.15) is 54.1 Å². The minimum atomic E-state index is -0.303. The molecule has 1 N–H and O–H groups in total. The molecule has 0 spiro atoms. The number of unbranched alkanes of at least 4 members (excludes halogenated alkanes) is 3. The molecule has 0 fully saturated rings. The maximum absolute atomic E-state index is 11.9. The number of fused-ring (bicyclic) bond motifs is 1. The summed E-state index contributed by atoms with van der Waals surface area (Å²) in [4.78, 5) is 15.4. The van der Waals surface area contributed by atoms with Crippen LogP contribution in [0.3, 0.4) is 0 Å². The van der Waals surface area contributed by atoms with Crippen molar-refractivity contribution in [3.63, 3.8) is 0 Å². The third kappa shape index (κ3) is 3.82. The number of aromatic amines is 1. The van der Waals surface area contributed by atoms with Crippen molar-refractivity contribution in [2.75, 3.05) is 7.11 Å². The normalized spacial score (nSPS) is 11.0. The molecule has 3 aromatic rings. The topological polar surface area (TPSA) is 42.1 Å². The van der Waals surface area contributed by atoms with Gasteiger partial charge in [0, 0.05) is 16.6 Å². The van der Waals surface area contributed by atoms with Crippen molar-refractivity contribution >= 4 is 16.9 Å². The molecule has 1 heterocycles. The van der Waals surface area contributed by atoms with Crippen LogP contribution in [0.15, 0.2) is 42.5 Å². The number of benzene rings is 2. The van der Waals surface area contributed by atoms with E-state index in [1.807, 2.05) is 18.2 Å². The number of carbonyl (C=O) groups excluding carboxylic acids is 1. The number of aromatic nitrogens is 1. The van der Waals surface area contributed by atoms with Gasteiger partial charge in [-0.25, -0.2) is 4.79 Å². The molecule has 3 nitrogen and oxygen atoms in total. The minimum absolute atomic E-state index is 0.303. The Morgan fingerprint density at radius 1 is 1.04 bits per heavy atom. The molecule has 0 atom stereocenters. The van der Waals surface area contributed by atoms with E-state index in [4.69, 9.17) is 4.74 Å². The van der Waals surface area contributed by atoms with E-state index in [-0.39, 0.29) is 5.97 Å². The van der Waals surface area contributed by atoms with Crippen molar-refractivity contribution in [3.05, 3.63) is 59.2 Å². The van der Waals surface area contributed by atoms with Gasteiger partial charge in [-0.3, -0.25) is 0 Å². The summed E-state index contributed by atoms with van der Waals surface area (Å²) in [5, 5.41) is 1.20. The summed E-state index contributed by atoms with van der Waals surface area (Å²) >= 11 is 0. The average Bonchev–Trinajstić information content (AvgIpc) is 3.03. The van der Waals surface area contributed by atoms with Crippen LogP contribution >= 0.6 is 0 Å². The molecule has 0 aliphatic carbocycles. The second kappa shape index (κ2) is 8.22. The number of hydrogen-bond acceptors (Lipinski definition) is 2. The average molecular weight is 349 g/mol. The Kier molecular flexibility index (Phi) is 5.77. The highest BCUT2D eigenvalue weighted by Crippen LogP contribution is 2.32. The zero-order chi connectivity index (χ0) is 18.5. The Morgan fingerprint density at radius 3 is 2.50 bits per heavy atom. The standard InChI is InChI=1S/C23H27NO2/c1-4-5-6-7-8-20-19-14-13-18(23(25)26-3)15-21(19)24-22(20)17-11-9-16(2)10-12-17/h9-15,24H,4-8H2,1-3H3. The van der Waals surface area contributed by atoms with Crippen LogP contribution in [-0.4, -0.2) is 18.1 Å². The second-order valence-electron chi connectivity index (χ2n) is 6.91. The molecule has 3 rings (SSSR count). The number of aryl methyl sites for hydroxylation is 2. The van der Waals surface area contributed by atoms with E-state index in [0.717, 1.165) is 11.9 Å². The second-order valence-corrected chi connectivity index (χ2v) is 6.91. The van der Waals surface area contributed by atoms with Gasteiger partial charge < -0.3 is 9.72 Å². The number of esters is 1. The van der Waals surface area contributed by atoms with Crippen molar-refractivity contribution in [1.29, 1.82) is 0 Å². The van der Waals surface area contributed by atoms with Gasteiger partial charge in [0.2, 0.25) is 0 Å². The fourth-order valence-electron chi connectivity index (χ4n) is 3.46. The molecule has 0 aliphatic rings. The van der Waals surface area contributed by atoms with Gasteiger partial charge in [0.15, 0.2) is 0 Å². The van der Waals surface area contributed by atoms with Gasteiger partial charge in [-0.15, -0.1) is 0 Å². The first kappa shape index (κ1) is 18.2. The van der Waals surface area contributed by atoms with E-state index in [9.17, 15) is 4.79 Å². The van der Waals surface area contributed by atoms with Crippen LogP contribution in [0, 0.1) is 6.92 Å². The SMILES string of the molecule is CCCCCCc1c(-c2ccc(C)cc2)[nH]c2cc(C(=O)OC)ccc12. The summed E-state index contributed by atoms with van der Waals surface area (Å²) in [6, 6.07) is 14.4. The van der Waals surface area contributed by atoms with Crippen molar-refractivity contribution in [2.45, 2.75) is 46.0 Å². The molecular formula is C23H27NO2. The number of H-pyrrole nitrogens is 1. The molecule has 0 aliphatic heterocycles. The van der Waals surface area contributed by atoms with Crippen LogP contribution in [0.2, 0.25) is 0 Å². The molecule has 1 aromatic heterocycles. The summed E-state index contributed by atoms with van der Waals surface area (Å²) in [6.07, 6.45) is 5.98. The van der Waals surface area contributed by atoms with Crippen LogP contribution in [-0.2, 0) is 11.2 Å². The molecule has 26 heavy (non-hydrogen) atoms. The van der Waals surface area contributed by atoms with Gasteiger partial charge in [-0.1, -0.05) is 62.1 Å². The highest BCUT2D eigenvalue weighted by atomic mass is 16.5. The molecule has 0 radical (unpaired) electrons. The van der Waals surface area contributed by atoms with E-state index in [1.54, 1.807) is 0 Å². The van der Waals surface area contributed by atoms with E-state index >= 15 is 0 Å². The first-order valence-corrected chi connectivity index (χ1v) is 9.44. The third-order valence-corrected chi connectivity index (χ3v) is 4.95. The summed E-state index contributed by atoms with van der Waals surface area (Å²) in [5.41, 5.74) is 6.53. The number of nitrogens with one attached hydrogen (secondary N) is 1. The lowest BCUT2D eigenvalue weighted by atomic mass is 9.98. The number of ether oxygens (including phenoxy) is 1. The van der Waals surface area contributed by atoms with Gasteiger partial charge in [0.1, 0.15) is 0 Å². The fraction of sp³-hybridized carbons (Fsp3) is 0.348. The van der Waals surface area contributed by atoms with E-state index < -0.39 is 0 Å². The molecule has 3 heteroatoms. The molecule has 136 valence electrons. The summed E-state index contributed by atoms with van der Waals surface area (Å²) < 4.78 is 4.86. The van der Waals surface area contributed by atoms with E-state index in [0.29, 0.717) is 5.56 Å². The fourth-order valence-corrected chi connectivity index (χ4v) is 3.46. The maximum atomic E-state index is 11.9. The Balaban J connectivity index is 2.04. The van der Waals surface area contributed by atoms with Crippen LogP contribution < -0.4 is 0 Å². The summed E-state index contributed by atoms with van der Waals surface area (Å²) in [6.45, 7) is 4.33. The van der Waals surface area contributed by atoms with Crippen LogP contribution in [0.4, 0.5) is 0 Å². The lowest BCUT2D eigenvalue weighted by Crippen LogP contribution is -2.00. The highest BCUT2D eigenvalue weighted by Gasteiger charge is 2.15. The quantitative estimate of drug-likeness (QED) is 0.416. The zero-order valence-corrected chi connectivity index (χ0v) is 15.9. The number of methoxy groups -OCH3 is 1. The Labute approximate surface area is 155 Å². The summed E-state index contributed by atoms with van der Waals surface area (Å²) in [5.74, 6) is -0.303. The first-order valence-electron chi connectivity index (χ1n) is 9.44. The van der Waals surface area contributed by atoms with Crippen molar-refractivity contribution < 1.29 is 9.53 Å². The molecule has 0 amide bonds. The van der Waals surface area contributed by atoms with Crippen LogP contribution in [0.5, 0.6) is 0 Å². The summed E-state index contributed by atoms with van der Waals surface area (Å²) in [7, 11) is 1.41. The first-order chi connectivity index (χ1) is 12.6. The number of hydrogen-bond donors (Lipinski definition) is 1. The van der Waals surface area contributed by atoms with Crippen molar-refractivity contribution in [1.82, 2.24) is 4.98 Å². The van der Waals surface area contributed by atoms with Crippen molar-refractivity contribution in [2.24, 2.45) is 0 Å². The molecular weight excluding hydrogens is 322 g/mol. The smallest absolute Gasteiger partial charge is 0.337 e. The maximum Gasteiger partial charge on any atom is 0.337 e. The van der Waals surface area contributed by atoms with E-state index in [2.05, 4.69) is 43.1 Å². The Bertz CT molecular complexity index is 890. The molecule has 0 saturated heterocycles. The molecule has 0 saturated carbocycles. The van der Waals surface area contributed by atoms with Crippen LogP contribution in [0.25, 0.3) is 22.2 Å². The predicted octanol–water partition coefficient (Wildman–Crippen LogP) is 6.05. The predicted molar refractivity (Wildman–Crippen MR) is 108 cm³/mol. The molecule has 0 bridgehead atoms. The van der Waals surface area contributed by atoms with E-state index in [1.165, 1.54) is 60.6 Å². The number of carbonyl (C=O) groups is 1. The highest BCUT2D eigenvalue weighted by molar-refractivity contribution is 5.97. The molecule has 0 unspecified atom stereocenters. The van der Waals surface area contributed by atoms with Gasteiger partial charge in [0.05, 0.1) is 12.7 Å². The minimum Gasteiger partial charge on any atom is -0.465 e. The van der Waals surface area contributed by atoms with Gasteiger partial charge >= 0.3 is 5.97 Å². The monoisotopic (exact) mass is 349 g/mol. The zero-order valence-electron chi connectivity index (χ0n) is 15.9. The third-order valence-electron chi connectivity index (χ3n) is 4.95. The van der Waals surface area contributed by atoms with Crippen molar-refractivity contribution in [3.8, 4) is 11.3 Å². The number of rotatable bonds is 7. The lowest BCUT2D eigenvalue weighted by Gasteiger charge is -2.06. The Morgan fingerprint density at radius 2 is 1.81 bits per heavy atom. The van der Waals surface area contributed by atoms with Gasteiger partial charge in [-0.2, -0.15) is 0 Å². The molecule has 2 aromatic carbocycles. The van der Waals surface area contributed by atoms with Gasteiger partial charge in [-0.05, 0) is 43.0 Å². The Hall–Kier alpha value is -2.55.